The predicted molar refractivity (Wildman–Crippen MR) is 82.5 cm³/mol. The van der Waals surface area contributed by atoms with Gasteiger partial charge in [0.15, 0.2) is 5.84 Å². The van der Waals surface area contributed by atoms with Crippen molar-refractivity contribution in [1.82, 2.24) is 0 Å². The lowest BCUT2D eigenvalue weighted by Gasteiger charge is -2.14. The van der Waals surface area contributed by atoms with Crippen LogP contribution in [0.2, 0.25) is 0 Å². The number of hydrogen-bond donors (Lipinski definition) is 3. The van der Waals surface area contributed by atoms with Crippen LogP contribution in [0.5, 0.6) is 5.75 Å². The Morgan fingerprint density at radius 2 is 2.14 bits per heavy atom. The lowest BCUT2D eigenvalue weighted by Crippen LogP contribution is -2.20. The number of para-hydroxylation sites is 1. The number of benzene rings is 1. The highest BCUT2D eigenvalue weighted by molar-refractivity contribution is 7.08. The molecule has 110 valence electrons. The summed E-state index contributed by atoms with van der Waals surface area (Å²) in [7, 11) is 1.48. The highest BCUT2D eigenvalue weighted by Crippen LogP contribution is 2.29. The van der Waals surface area contributed by atoms with Crippen LogP contribution >= 0.6 is 11.3 Å². The van der Waals surface area contributed by atoms with Crippen molar-refractivity contribution in [2.45, 2.75) is 6.92 Å². The first kappa shape index (κ1) is 14.9. The summed E-state index contributed by atoms with van der Waals surface area (Å²) >= 11 is 1.45. The van der Waals surface area contributed by atoms with Crippen LogP contribution < -0.4 is 15.8 Å². The van der Waals surface area contributed by atoms with Crippen LogP contribution in [-0.4, -0.2) is 24.1 Å². The summed E-state index contributed by atoms with van der Waals surface area (Å²) in [6.45, 7) is 1.86. The molecule has 0 aliphatic carbocycles. The normalized spacial score (nSPS) is 11.2. The van der Waals surface area contributed by atoms with E-state index in [-0.39, 0.29) is 11.7 Å². The molecule has 0 aliphatic heterocycles. The molecule has 0 saturated heterocycles. The second kappa shape index (κ2) is 6.27. The molecule has 2 rings (SSSR count). The van der Waals surface area contributed by atoms with Gasteiger partial charge in [-0.3, -0.25) is 4.79 Å². The van der Waals surface area contributed by atoms with Crippen molar-refractivity contribution in [3.63, 3.8) is 0 Å². The Hall–Kier alpha value is -2.54. The molecule has 0 fully saturated rings. The third kappa shape index (κ3) is 2.97. The van der Waals surface area contributed by atoms with E-state index in [4.69, 9.17) is 15.7 Å². The second-order valence-electron chi connectivity index (χ2n) is 4.29. The van der Waals surface area contributed by atoms with Crippen molar-refractivity contribution in [3.05, 3.63) is 45.6 Å². The predicted octanol–water partition coefficient (Wildman–Crippen LogP) is 2.41. The molecule has 1 amide bonds. The van der Waals surface area contributed by atoms with E-state index in [1.807, 2.05) is 12.3 Å². The Balaban J connectivity index is 2.43. The zero-order chi connectivity index (χ0) is 15.4. The lowest BCUT2D eigenvalue weighted by atomic mass is 10.1. The summed E-state index contributed by atoms with van der Waals surface area (Å²) in [5.74, 6) is 0.0526. The Bertz CT molecular complexity index is 695. The largest absolute Gasteiger partial charge is 0.495 e. The van der Waals surface area contributed by atoms with Crippen molar-refractivity contribution in [3.8, 4) is 5.75 Å². The number of carbonyl (C=O) groups is 1. The summed E-state index contributed by atoms with van der Waals surface area (Å²) in [5, 5.41) is 18.2. The van der Waals surface area contributed by atoms with Gasteiger partial charge in [-0.25, -0.2) is 0 Å². The van der Waals surface area contributed by atoms with E-state index in [2.05, 4.69) is 10.5 Å². The highest BCUT2D eigenvalue weighted by Gasteiger charge is 2.17. The molecule has 7 heteroatoms. The molecule has 1 aromatic carbocycles. The van der Waals surface area contributed by atoms with Gasteiger partial charge in [-0.2, -0.15) is 11.3 Å². The molecule has 0 saturated carbocycles. The summed E-state index contributed by atoms with van der Waals surface area (Å²) in [5.41, 5.74) is 7.86. The van der Waals surface area contributed by atoms with Gasteiger partial charge >= 0.3 is 0 Å². The van der Waals surface area contributed by atoms with Crippen LogP contribution in [0.25, 0.3) is 0 Å². The van der Waals surface area contributed by atoms with Gasteiger partial charge in [-0.15, -0.1) is 0 Å². The number of rotatable bonds is 4. The molecule has 21 heavy (non-hydrogen) atoms. The molecule has 0 radical (unpaired) electrons. The van der Waals surface area contributed by atoms with E-state index in [9.17, 15) is 4.79 Å². The minimum atomic E-state index is -0.273. The maximum Gasteiger partial charge on any atom is 0.256 e. The average Bonchev–Trinajstić information content (AvgIpc) is 2.92. The van der Waals surface area contributed by atoms with Crippen molar-refractivity contribution in [1.29, 1.82) is 0 Å². The van der Waals surface area contributed by atoms with Crippen LogP contribution in [0.3, 0.4) is 0 Å². The molecular formula is C14H15N3O3S. The molecule has 1 heterocycles. The molecule has 6 nitrogen and oxygen atoms in total. The minimum absolute atomic E-state index is 0.105. The fourth-order valence-corrected chi connectivity index (χ4v) is 2.70. The molecule has 0 aliphatic rings. The van der Waals surface area contributed by atoms with Gasteiger partial charge in [0.25, 0.3) is 5.91 Å². The lowest BCUT2D eigenvalue weighted by molar-refractivity contribution is 0.102. The van der Waals surface area contributed by atoms with Gasteiger partial charge < -0.3 is 21.0 Å². The third-order valence-corrected chi connectivity index (χ3v) is 3.83. The van der Waals surface area contributed by atoms with Gasteiger partial charge in [-0.1, -0.05) is 11.2 Å². The molecule has 0 spiro atoms. The van der Waals surface area contributed by atoms with Crippen LogP contribution in [0.4, 0.5) is 5.69 Å². The molecule has 0 unspecified atom stereocenters. The Morgan fingerprint density at radius 1 is 1.38 bits per heavy atom. The van der Waals surface area contributed by atoms with Crippen molar-refractivity contribution in [2.24, 2.45) is 10.9 Å². The number of aryl methyl sites for hydroxylation is 1. The summed E-state index contributed by atoms with van der Waals surface area (Å²) in [6, 6.07) is 5.01. The number of anilines is 1. The average molecular weight is 305 g/mol. The monoisotopic (exact) mass is 305 g/mol. The smallest absolute Gasteiger partial charge is 0.256 e. The number of thiophene rings is 1. The quantitative estimate of drug-likeness (QED) is 0.350. The van der Waals surface area contributed by atoms with Crippen molar-refractivity contribution >= 4 is 28.8 Å². The molecular weight excluding hydrogens is 290 g/mol. The Labute approximate surface area is 125 Å². The number of carbonyl (C=O) groups excluding carboxylic acids is 1. The van der Waals surface area contributed by atoms with Crippen LogP contribution in [-0.2, 0) is 0 Å². The first-order valence-corrected chi connectivity index (χ1v) is 7.01. The van der Waals surface area contributed by atoms with Gasteiger partial charge in [0.05, 0.1) is 18.4 Å². The van der Waals surface area contributed by atoms with E-state index in [1.165, 1.54) is 18.4 Å². The highest BCUT2D eigenvalue weighted by atomic mass is 32.1. The number of nitrogens with one attached hydrogen (secondary N) is 1. The number of oxime groups is 1. The number of hydrogen-bond acceptors (Lipinski definition) is 5. The summed E-state index contributed by atoms with van der Waals surface area (Å²) in [6.07, 6.45) is 0. The maximum atomic E-state index is 12.3. The van der Waals surface area contributed by atoms with Crippen LogP contribution in [0, 0.1) is 6.92 Å². The standard InChI is InChI=1S/C14H15N3O3S/c1-8-6-21-7-10(8)14(18)16-12-9(13(15)17-19)4-3-5-11(12)20-2/h3-7,19H,1-2H3,(H2,15,17)(H,16,18). The van der Waals surface area contributed by atoms with E-state index in [0.717, 1.165) is 5.56 Å². The maximum absolute atomic E-state index is 12.3. The number of nitrogens with two attached hydrogens (primary N) is 1. The molecule has 4 N–H and O–H groups in total. The summed E-state index contributed by atoms with van der Waals surface area (Å²) in [4.78, 5) is 12.3. The fraction of sp³-hybridized carbons (Fsp3) is 0.143. The molecule has 0 bridgehead atoms. The zero-order valence-corrected chi connectivity index (χ0v) is 12.4. The van der Waals surface area contributed by atoms with Crippen LogP contribution in [0.15, 0.2) is 34.1 Å². The van der Waals surface area contributed by atoms with Crippen molar-refractivity contribution in [2.75, 3.05) is 12.4 Å². The number of amides is 1. The zero-order valence-electron chi connectivity index (χ0n) is 11.6. The first-order chi connectivity index (χ1) is 10.1. The molecule has 2 aromatic rings. The van der Waals surface area contributed by atoms with Crippen molar-refractivity contribution < 1.29 is 14.7 Å². The number of ether oxygens (including phenoxy) is 1. The van der Waals surface area contributed by atoms with Crippen LogP contribution in [0.1, 0.15) is 21.5 Å². The molecule has 0 atom stereocenters. The number of methoxy groups -OCH3 is 1. The fourth-order valence-electron chi connectivity index (χ4n) is 1.87. The number of amidine groups is 1. The number of nitrogens with zero attached hydrogens (tertiary/aromatic N) is 1. The minimum Gasteiger partial charge on any atom is -0.495 e. The van der Waals surface area contributed by atoms with E-state index < -0.39 is 0 Å². The third-order valence-electron chi connectivity index (χ3n) is 2.97. The topological polar surface area (TPSA) is 96.9 Å². The van der Waals surface area contributed by atoms with Gasteiger partial charge in [0.1, 0.15) is 5.75 Å². The first-order valence-electron chi connectivity index (χ1n) is 6.07. The van der Waals surface area contributed by atoms with Gasteiger partial charge in [0, 0.05) is 10.9 Å². The summed E-state index contributed by atoms with van der Waals surface area (Å²) < 4.78 is 5.22. The van der Waals surface area contributed by atoms with Gasteiger partial charge in [-0.05, 0) is 30.0 Å². The van der Waals surface area contributed by atoms with E-state index in [0.29, 0.717) is 22.6 Å². The Morgan fingerprint density at radius 3 is 2.71 bits per heavy atom. The molecule has 1 aromatic heterocycles. The Kier molecular flexibility index (Phi) is 4.44. The van der Waals surface area contributed by atoms with E-state index >= 15 is 0 Å². The SMILES string of the molecule is COc1cccc(/C(N)=N/O)c1NC(=O)c1cscc1C. The van der Waals surface area contributed by atoms with E-state index in [1.54, 1.807) is 23.6 Å². The second-order valence-corrected chi connectivity index (χ2v) is 5.03. The van der Waals surface area contributed by atoms with Gasteiger partial charge in [0.2, 0.25) is 0 Å².